The number of rotatable bonds is 6. The molecule has 160 valence electrons. The maximum absolute atomic E-state index is 12.9. The molecule has 3 rings (SSSR count). The highest BCUT2D eigenvalue weighted by Crippen LogP contribution is 2.24. The molecule has 2 amide bonds. The maximum Gasteiger partial charge on any atom is 0.337 e. The summed E-state index contributed by atoms with van der Waals surface area (Å²) in [5.74, 6) is -0.207. The molecule has 2 aliphatic rings. The van der Waals surface area contributed by atoms with E-state index in [9.17, 15) is 18.0 Å². The Bertz CT molecular complexity index is 911. The van der Waals surface area contributed by atoms with Crippen molar-refractivity contribution in [2.75, 3.05) is 45.9 Å². The number of amides is 2. The van der Waals surface area contributed by atoms with Gasteiger partial charge in [-0.1, -0.05) is 5.16 Å². The molecule has 3 heterocycles. The summed E-state index contributed by atoms with van der Waals surface area (Å²) in [6.07, 6.45) is 0. The van der Waals surface area contributed by atoms with Gasteiger partial charge in [0.15, 0.2) is 5.76 Å². The van der Waals surface area contributed by atoms with Crippen LogP contribution in [0.4, 0.5) is 4.79 Å². The number of carbonyl (C=O) groups excluding carboxylic acids is 2. The average molecular weight is 427 g/mol. The molecule has 0 bridgehead atoms. The largest absolute Gasteiger partial charge is 0.463 e. The molecule has 0 unspecified atom stereocenters. The van der Waals surface area contributed by atoms with Crippen molar-refractivity contribution in [1.82, 2.24) is 25.0 Å². The van der Waals surface area contributed by atoms with Gasteiger partial charge in [-0.3, -0.25) is 4.90 Å². The van der Waals surface area contributed by atoms with Crippen LogP contribution >= 0.6 is 0 Å². The number of aryl methyl sites for hydroxylation is 2. The van der Waals surface area contributed by atoms with Crippen molar-refractivity contribution in [3.8, 4) is 0 Å². The van der Waals surface area contributed by atoms with Crippen LogP contribution in [0.2, 0.25) is 0 Å². The normalized spacial score (nSPS) is 19.1. The lowest BCUT2D eigenvalue weighted by Crippen LogP contribution is -2.52. The van der Waals surface area contributed by atoms with Crippen LogP contribution in [0.25, 0.3) is 0 Å². The number of sulfonamides is 1. The van der Waals surface area contributed by atoms with Crippen molar-refractivity contribution >= 4 is 22.0 Å². The lowest BCUT2D eigenvalue weighted by molar-refractivity contribution is -0.138. The zero-order valence-corrected chi connectivity index (χ0v) is 17.5. The summed E-state index contributed by atoms with van der Waals surface area (Å²) in [5.41, 5.74) is 1.19. The van der Waals surface area contributed by atoms with Gasteiger partial charge in [-0.15, -0.1) is 0 Å². The molecule has 0 spiro atoms. The van der Waals surface area contributed by atoms with Gasteiger partial charge in [0.05, 0.1) is 18.7 Å². The van der Waals surface area contributed by atoms with Gasteiger partial charge in [0, 0.05) is 38.4 Å². The van der Waals surface area contributed by atoms with Crippen LogP contribution in [-0.4, -0.2) is 80.7 Å². The lowest BCUT2D eigenvalue weighted by atomic mass is 10.1. The summed E-state index contributed by atoms with van der Waals surface area (Å²) in [6.45, 7) is 7.00. The second kappa shape index (κ2) is 8.51. The third kappa shape index (κ3) is 4.43. The van der Waals surface area contributed by atoms with Crippen LogP contribution in [0.1, 0.15) is 18.4 Å². The Morgan fingerprint density at radius 1 is 1.24 bits per heavy atom. The molecular weight excluding hydrogens is 402 g/mol. The van der Waals surface area contributed by atoms with Gasteiger partial charge in [0.1, 0.15) is 10.6 Å². The van der Waals surface area contributed by atoms with Crippen LogP contribution < -0.4 is 10.6 Å². The number of aromatic nitrogens is 1. The van der Waals surface area contributed by atoms with Gasteiger partial charge in [0.2, 0.25) is 10.0 Å². The second-order valence-corrected chi connectivity index (χ2v) is 8.69. The Hall–Kier alpha value is -2.44. The highest BCUT2D eigenvalue weighted by atomic mass is 32.2. The zero-order chi connectivity index (χ0) is 21.2. The Morgan fingerprint density at radius 3 is 2.52 bits per heavy atom. The topological polar surface area (TPSA) is 134 Å². The molecule has 0 aromatic carbocycles. The van der Waals surface area contributed by atoms with E-state index in [4.69, 9.17) is 9.26 Å². The minimum Gasteiger partial charge on any atom is -0.463 e. The Kier molecular flexibility index (Phi) is 6.24. The van der Waals surface area contributed by atoms with Crippen LogP contribution in [0.15, 0.2) is 20.7 Å². The molecule has 0 saturated carbocycles. The van der Waals surface area contributed by atoms with Crippen molar-refractivity contribution < 1.29 is 27.3 Å². The number of ether oxygens (including phenoxy) is 1. The van der Waals surface area contributed by atoms with Crippen molar-refractivity contribution in [2.45, 2.75) is 25.7 Å². The van der Waals surface area contributed by atoms with Crippen LogP contribution in [0.3, 0.4) is 0 Å². The minimum atomic E-state index is -3.69. The van der Waals surface area contributed by atoms with Gasteiger partial charge in [-0.05, 0) is 20.8 Å². The van der Waals surface area contributed by atoms with Gasteiger partial charge < -0.3 is 19.9 Å². The monoisotopic (exact) mass is 427 g/mol. The van der Waals surface area contributed by atoms with Crippen LogP contribution in [0, 0.1) is 13.8 Å². The van der Waals surface area contributed by atoms with E-state index in [1.54, 1.807) is 20.8 Å². The molecule has 0 aliphatic carbocycles. The van der Waals surface area contributed by atoms with E-state index in [0.29, 0.717) is 36.6 Å². The predicted molar refractivity (Wildman–Crippen MR) is 101 cm³/mol. The highest BCUT2D eigenvalue weighted by Gasteiger charge is 2.34. The lowest BCUT2D eigenvalue weighted by Gasteiger charge is -2.35. The highest BCUT2D eigenvalue weighted by molar-refractivity contribution is 7.89. The molecule has 11 nitrogen and oxygen atoms in total. The molecular formula is C17H25N5O6S. The number of piperazine rings is 1. The molecule has 1 fully saturated rings. The second-order valence-electron chi connectivity index (χ2n) is 6.82. The SMILES string of the molecule is CCOC(=O)C1=C(CN2CCN(S(=O)(=O)c3c(C)noc3C)CC2)NC(=O)NC1. The zero-order valence-electron chi connectivity index (χ0n) is 16.6. The van der Waals surface area contributed by atoms with E-state index in [0.717, 1.165) is 0 Å². The molecule has 2 N–H and O–H groups in total. The molecule has 1 aromatic heterocycles. The number of carbonyl (C=O) groups is 2. The van der Waals surface area contributed by atoms with E-state index >= 15 is 0 Å². The van der Waals surface area contributed by atoms with Crippen molar-refractivity contribution in [3.63, 3.8) is 0 Å². The van der Waals surface area contributed by atoms with Crippen molar-refractivity contribution in [1.29, 1.82) is 0 Å². The number of nitrogens with zero attached hydrogens (tertiary/aromatic N) is 3. The Labute approximate surface area is 169 Å². The Morgan fingerprint density at radius 2 is 1.93 bits per heavy atom. The quantitative estimate of drug-likeness (QED) is 0.593. The summed E-state index contributed by atoms with van der Waals surface area (Å²) in [4.78, 5) is 25.9. The molecule has 1 aromatic rings. The van der Waals surface area contributed by atoms with Crippen LogP contribution in [0.5, 0.6) is 0 Å². The number of esters is 1. The summed E-state index contributed by atoms with van der Waals surface area (Å²) in [5, 5.41) is 8.96. The van der Waals surface area contributed by atoms with Gasteiger partial charge in [-0.25, -0.2) is 18.0 Å². The summed E-state index contributed by atoms with van der Waals surface area (Å²) in [6, 6.07) is -0.382. The van der Waals surface area contributed by atoms with Crippen LogP contribution in [-0.2, 0) is 19.6 Å². The first-order valence-corrected chi connectivity index (χ1v) is 10.8. The summed E-state index contributed by atoms with van der Waals surface area (Å²) < 4.78 is 37.3. The summed E-state index contributed by atoms with van der Waals surface area (Å²) in [7, 11) is -3.69. The average Bonchev–Trinajstić information content (AvgIpc) is 3.01. The maximum atomic E-state index is 12.9. The third-order valence-electron chi connectivity index (χ3n) is 4.85. The third-order valence-corrected chi connectivity index (χ3v) is 7.00. The number of urea groups is 1. The van der Waals surface area contributed by atoms with E-state index in [1.165, 1.54) is 4.31 Å². The van der Waals surface area contributed by atoms with Crippen molar-refractivity contribution in [2.24, 2.45) is 0 Å². The first kappa shape index (κ1) is 21.3. The molecule has 0 radical (unpaired) electrons. The van der Waals surface area contributed by atoms with Gasteiger partial charge in [-0.2, -0.15) is 4.31 Å². The van der Waals surface area contributed by atoms with Crippen molar-refractivity contribution in [3.05, 3.63) is 22.7 Å². The standard InChI is InChI=1S/C17H25N5O6S/c1-4-27-16(23)13-9-18-17(24)19-14(13)10-21-5-7-22(8-6-21)29(25,26)15-11(2)20-28-12(15)3/h4-10H2,1-3H3,(H2,18,19,24). The minimum absolute atomic E-state index is 0.0976. The molecule has 1 saturated heterocycles. The van der Waals surface area contributed by atoms with Gasteiger partial charge >= 0.3 is 12.0 Å². The van der Waals surface area contributed by atoms with E-state index in [-0.39, 0.29) is 42.9 Å². The first-order valence-electron chi connectivity index (χ1n) is 9.33. The molecule has 29 heavy (non-hydrogen) atoms. The van der Waals surface area contributed by atoms with E-state index < -0.39 is 16.0 Å². The fourth-order valence-electron chi connectivity index (χ4n) is 3.40. The first-order chi connectivity index (χ1) is 13.7. The van der Waals surface area contributed by atoms with E-state index in [1.807, 2.05) is 4.90 Å². The Balaban J connectivity index is 1.69. The predicted octanol–water partition coefficient (Wildman–Crippen LogP) is -0.272. The summed E-state index contributed by atoms with van der Waals surface area (Å²) >= 11 is 0. The molecule has 2 aliphatic heterocycles. The number of nitrogens with one attached hydrogen (secondary N) is 2. The van der Waals surface area contributed by atoms with Gasteiger partial charge in [0.25, 0.3) is 0 Å². The number of hydrogen-bond acceptors (Lipinski definition) is 8. The molecule has 12 heteroatoms. The van der Waals surface area contributed by atoms with E-state index in [2.05, 4.69) is 15.8 Å². The fourth-order valence-corrected chi connectivity index (χ4v) is 5.12. The smallest absolute Gasteiger partial charge is 0.337 e. The number of hydrogen-bond donors (Lipinski definition) is 2. The fraction of sp³-hybridized carbons (Fsp3) is 0.588. The molecule has 0 atom stereocenters.